The van der Waals surface area contributed by atoms with Gasteiger partial charge in [0.05, 0.1) is 9.92 Å². The molecule has 2 aromatic carbocycles. The van der Waals surface area contributed by atoms with Gasteiger partial charge in [0.25, 0.3) is 0 Å². The zero-order chi connectivity index (χ0) is 18.7. The fraction of sp³-hybridized carbons (Fsp3) is 0.278. The first-order chi connectivity index (χ1) is 12.4. The number of piperidine rings is 1. The number of anilines is 1. The van der Waals surface area contributed by atoms with Crippen LogP contribution in [0.3, 0.4) is 0 Å². The van der Waals surface area contributed by atoms with Crippen molar-refractivity contribution in [2.45, 2.75) is 17.7 Å². The van der Waals surface area contributed by atoms with E-state index in [9.17, 15) is 13.2 Å². The normalized spacial score (nSPS) is 16.4. The maximum absolute atomic E-state index is 12.6. The molecule has 0 aromatic heterocycles. The Bertz CT molecular complexity index is 898. The van der Waals surface area contributed by atoms with E-state index in [-0.39, 0.29) is 16.7 Å². The smallest absolute Gasteiger partial charge is 0.243 e. The van der Waals surface area contributed by atoms with Gasteiger partial charge in [0.2, 0.25) is 15.9 Å². The Kier molecular flexibility index (Phi) is 6.02. The molecule has 0 aliphatic carbocycles. The summed E-state index contributed by atoms with van der Waals surface area (Å²) in [5.74, 6) is -0.334. The van der Waals surface area contributed by atoms with Gasteiger partial charge >= 0.3 is 0 Å². The molecular weight excluding hydrogens is 440 g/mol. The van der Waals surface area contributed by atoms with Crippen LogP contribution in [0.5, 0.6) is 0 Å². The van der Waals surface area contributed by atoms with Crippen molar-refractivity contribution in [1.29, 1.82) is 0 Å². The highest BCUT2D eigenvalue weighted by Gasteiger charge is 2.32. The summed E-state index contributed by atoms with van der Waals surface area (Å²) in [6.45, 7) is 0.660. The minimum absolute atomic E-state index is 0.111. The Hall–Kier alpha value is -1.41. The summed E-state index contributed by atoms with van der Waals surface area (Å²) in [4.78, 5) is 12.7. The fourth-order valence-corrected chi connectivity index (χ4v) is 4.84. The largest absolute Gasteiger partial charge is 0.326 e. The van der Waals surface area contributed by atoms with Crippen LogP contribution in [0.15, 0.2) is 57.9 Å². The van der Waals surface area contributed by atoms with E-state index in [0.29, 0.717) is 36.6 Å². The summed E-state index contributed by atoms with van der Waals surface area (Å²) < 4.78 is 27.5. The molecule has 26 heavy (non-hydrogen) atoms. The van der Waals surface area contributed by atoms with Crippen LogP contribution in [-0.4, -0.2) is 31.7 Å². The van der Waals surface area contributed by atoms with Gasteiger partial charge in [-0.2, -0.15) is 4.31 Å². The van der Waals surface area contributed by atoms with Crippen molar-refractivity contribution in [1.82, 2.24) is 4.31 Å². The zero-order valence-electron chi connectivity index (χ0n) is 13.9. The van der Waals surface area contributed by atoms with Crippen molar-refractivity contribution >= 4 is 49.1 Å². The molecule has 1 saturated heterocycles. The molecule has 1 heterocycles. The maximum atomic E-state index is 12.6. The lowest BCUT2D eigenvalue weighted by atomic mass is 9.97. The maximum Gasteiger partial charge on any atom is 0.243 e. The number of rotatable bonds is 4. The van der Waals surface area contributed by atoms with E-state index < -0.39 is 10.0 Å². The second kappa shape index (κ2) is 8.08. The predicted molar refractivity (Wildman–Crippen MR) is 106 cm³/mol. The lowest BCUT2D eigenvalue weighted by Crippen LogP contribution is -2.41. The fourth-order valence-electron chi connectivity index (χ4n) is 2.92. The first-order valence-corrected chi connectivity index (χ1v) is 10.8. The van der Waals surface area contributed by atoms with Crippen molar-refractivity contribution in [2.75, 3.05) is 18.4 Å². The standard InChI is InChI=1S/C18H18BrClN2O3S/c19-16-7-6-14(12-17(16)20)21-18(23)13-8-10-22(11-9-13)26(24,25)15-4-2-1-3-5-15/h1-7,12-13H,8-11H2,(H,21,23). The highest BCUT2D eigenvalue weighted by Crippen LogP contribution is 2.28. The minimum atomic E-state index is -3.50. The van der Waals surface area contributed by atoms with E-state index in [0.717, 1.165) is 4.47 Å². The van der Waals surface area contributed by atoms with Crippen LogP contribution in [0.25, 0.3) is 0 Å². The Morgan fingerprint density at radius 3 is 2.38 bits per heavy atom. The van der Waals surface area contributed by atoms with E-state index in [1.807, 2.05) is 0 Å². The quantitative estimate of drug-likeness (QED) is 0.750. The Morgan fingerprint density at radius 1 is 1.12 bits per heavy atom. The van der Waals surface area contributed by atoms with Crippen LogP contribution in [-0.2, 0) is 14.8 Å². The molecule has 1 aliphatic rings. The molecule has 0 bridgehead atoms. The molecule has 5 nitrogen and oxygen atoms in total. The van der Waals surface area contributed by atoms with Crippen molar-refractivity contribution in [3.05, 3.63) is 58.0 Å². The number of nitrogens with zero attached hydrogens (tertiary/aromatic N) is 1. The van der Waals surface area contributed by atoms with E-state index in [1.165, 1.54) is 4.31 Å². The molecule has 1 aliphatic heterocycles. The Morgan fingerprint density at radius 2 is 1.77 bits per heavy atom. The second-order valence-corrected chi connectivity index (χ2v) is 9.31. The lowest BCUT2D eigenvalue weighted by Gasteiger charge is -2.30. The molecule has 1 fully saturated rings. The monoisotopic (exact) mass is 456 g/mol. The summed E-state index contributed by atoms with van der Waals surface area (Å²) >= 11 is 9.35. The lowest BCUT2D eigenvalue weighted by molar-refractivity contribution is -0.120. The molecule has 1 amide bonds. The summed E-state index contributed by atoms with van der Waals surface area (Å²) in [6.07, 6.45) is 0.977. The molecule has 0 saturated carbocycles. The van der Waals surface area contributed by atoms with Gasteiger partial charge in [-0.3, -0.25) is 4.79 Å². The van der Waals surface area contributed by atoms with E-state index in [4.69, 9.17) is 11.6 Å². The number of amides is 1. The van der Waals surface area contributed by atoms with Gasteiger partial charge in [-0.05, 0) is 59.1 Å². The molecule has 3 rings (SSSR count). The zero-order valence-corrected chi connectivity index (χ0v) is 17.0. The van der Waals surface area contributed by atoms with Crippen LogP contribution in [0.1, 0.15) is 12.8 Å². The average molecular weight is 458 g/mol. The van der Waals surface area contributed by atoms with E-state index in [2.05, 4.69) is 21.2 Å². The highest BCUT2D eigenvalue weighted by molar-refractivity contribution is 9.10. The van der Waals surface area contributed by atoms with Crippen molar-refractivity contribution in [2.24, 2.45) is 5.92 Å². The topological polar surface area (TPSA) is 66.5 Å². The molecule has 8 heteroatoms. The third-order valence-electron chi connectivity index (χ3n) is 4.39. The summed E-state index contributed by atoms with van der Waals surface area (Å²) in [6, 6.07) is 13.6. The Labute approximate surface area is 166 Å². The number of halogens is 2. The second-order valence-electron chi connectivity index (χ2n) is 6.11. The van der Waals surface area contributed by atoms with Gasteiger partial charge in [-0.25, -0.2) is 8.42 Å². The molecule has 2 aromatic rings. The van der Waals surface area contributed by atoms with Gasteiger partial charge in [0.1, 0.15) is 0 Å². The van der Waals surface area contributed by atoms with Crippen LogP contribution in [0.4, 0.5) is 5.69 Å². The van der Waals surface area contributed by atoms with Gasteiger partial charge in [-0.15, -0.1) is 0 Å². The summed E-state index contributed by atoms with van der Waals surface area (Å²) in [7, 11) is -3.50. The third-order valence-corrected chi connectivity index (χ3v) is 7.54. The summed E-state index contributed by atoms with van der Waals surface area (Å²) in [5, 5.41) is 3.37. The van der Waals surface area contributed by atoms with E-state index in [1.54, 1.807) is 48.5 Å². The molecular formula is C18H18BrClN2O3S. The number of carbonyl (C=O) groups is 1. The third kappa shape index (κ3) is 4.28. The predicted octanol–water partition coefficient (Wildman–Crippen LogP) is 4.14. The van der Waals surface area contributed by atoms with Gasteiger partial charge in [0.15, 0.2) is 0 Å². The van der Waals surface area contributed by atoms with Crippen molar-refractivity contribution in [3.63, 3.8) is 0 Å². The van der Waals surface area contributed by atoms with Gasteiger partial charge < -0.3 is 5.32 Å². The van der Waals surface area contributed by atoms with E-state index >= 15 is 0 Å². The highest BCUT2D eigenvalue weighted by atomic mass is 79.9. The van der Waals surface area contributed by atoms with Crippen LogP contribution in [0, 0.1) is 5.92 Å². The minimum Gasteiger partial charge on any atom is -0.326 e. The first-order valence-electron chi connectivity index (χ1n) is 8.19. The number of nitrogens with one attached hydrogen (secondary N) is 1. The van der Waals surface area contributed by atoms with Crippen molar-refractivity contribution in [3.8, 4) is 0 Å². The van der Waals surface area contributed by atoms with Gasteiger partial charge in [-0.1, -0.05) is 29.8 Å². The van der Waals surface area contributed by atoms with Gasteiger partial charge in [0, 0.05) is 29.2 Å². The number of hydrogen-bond acceptors (Lipinski definition) is 3. The first kappa shape index (κ1) is 19.4. The molecule has 0 unspecified atom stereocenters. The SMILES string of the molecule is O=C(Nc1ccc(Br)c(Cl)c1)C1CCN(S(=O)(=O)c2ccccc2)CC1. The molecule has 138 valence electrons. The molecule has 1 N–H and O–H groups in total. The van der Waals surface area contributed by atoms with Crippen LogP contribution in [0.2, 0.25) is 5.02 Å². The number of sulfonamides is 1. The Balaban J connectivity index is 1.61. The molecule has 0 atom stereocenters. The van der Waals surface area contributed by atoms with Crippen LogP contribution < -0.4 is 5.32 Å². The number of benzene rings is 2. The summed E-state index contributed by atoms with van der Waals surface area (Å²) in [5.41, 5.74) is 0.627. The molecule has 0 radical (unpaired) electrons. The molecule has 0 spiro atoms. The van der Waals surface area contributed by atoms with Crippen molar-refractivity contribution < 1.29 is 13.2 Å². The van der Waals surface area contributed by atoms with Crippen LogP contribution >= 0.6 is 27.5 Å². The average Bonchev–Trinajstić information content (AvgIpc) is 2.65. The number of carbonyl (C=O) groups excluding carboxylic acids is 1. The number of hydrogen-bond donors (Lipinski definition) is 1.